The average molecular weight is 541 g/mol. The molecule has 8 N–H and O–H groups in total. The molecule has 0 unspecified atom stereocenters. The Balaban J connectivity index is 1.70. The number of aliphatic hydroxyl groups is 6. The molecule has 3 rings (SSSR count). The number of hydrogen-bond donors (Lipinski definition) is 8. The summed E-state index contributed by atoms with van der Waals surface area (Å²) in [6, 6.07) is 3.65. The lowest BCUT2D eigenvalue weighted by Gasteiger charge is -2.48. The molecule has 38 heavy (non-hydrogen) atoms. The third-order valence-electron chi connectivity index (χ3n) is 7.82. The monoisotopic (exact) mass is 540 g/mol. The maximum atomic E-state index is 12.9. The van der Waals surface area contributed by atoms with Gasteiger partial charge in [0.2, 0.25) is 0 Å². The minimum atomic E-state index is -1.17. The fourth-order valence-corrected chi connectivity index (χ4v) is 5.42. The molecule has 2 aliphatic rings. The van der Waals surface area contributed by atoms with Gasteiger partial charge in [-0.05, 0) is 52.0 Å². The third kappa shape index (κ3) is 6.02. The molecular formula is C26H40N2O10. The van der Waals surface area contributed by atoms with E-state index in [9.17, 15) is 40.2 Å². The van der Waals surface area contributed by atoms with E-state index in [1.165, 1.54) is 24.3 Å². The first-order valence-electron chi connectivity index (χ1n) is 12.7. The van der Waals surface area contributed by atoms with Crippen LogP contribution in [0.2, 0.25) is 0 Å². The van der Waals surface area contributed by atoms with Crippen LogP contribution in [0.15, 0.2) is 24.3 Å². The van der Waals surface area contributed by atoms with E-state index in [0.29, 0.717) is 0 Å². The summed E-state index contributed by atoms with van der Waals surface area (Å²) < 4.78 is 11.6. The number of rotatable bonds is 8. The molecule has 0 saturated carbocycles. The van der Waals surface area contributed by atoms with Crippen molar-refractivity contribution in [2.75, 3.05) is 26.4 Å². The highest BCUT2D eigenvalue weighted by Crippen LogP contribution is 2.35. The molecule has 2 amide bonds. The van der Waals surface area contributed by atoms with Gasteiger partial charge in [-0.25, -0.2) is 0 Å². The molecule has 1 aromatic rings. The van der Waals surface area contributed by atoms with E-state index in [-0.39, 0.29) is 24.3 Å². The van der Waals surface area contributed by atoms with Gasteiger partial charge in [-0.2, -0.15) is 0 Å². The number of ether oxygens (including phenoxy) is 2. The summed E-state index contributed by atoms with van der Waals surface area (Å²) in [5, 5.41) is 65.8. The van der Waals surface area contributed by atoms with E-state index in [1.807, 2.05) is 0 Å². The molecule has 0 radical (unpaired) electrons. The summed E-state index contributed by atoms with van der Waals surface area (Å²) >= 11 is 0. The van der Waals surface area contributed by atoms with Gasteiger partial charge >= 0.3 is 0 Å². The highest BCUT2D eigenvalue weighted by molar-refractivity contribution is 5.98. The highest BCUT2D eigenvalue weighted by Gasteiger charge is 2.50. The van der Waals surface area contributed by atoms with Crippen LogP contribution in [0.1, 0.15) is 48.4 Å². The maximum absolute atomic E-state index is 12.9. The summed E-state index contributed by atoms with van der Waals surface area (Å²) in [5.74, 6) is -2.55. The van der Waals surface area contributed by atoms with Crippen molar-refractivity contribution in [1.29, 1.82) is 0 Å². The zero-order valence-electron chi connectivity index (χ0n) is 22.1. The summed E-state index contributed by atoms with van der Waals surface area (Å²) in [5.41, 5.74) is -1.49. The number of carbonyl (C=O) groups excluding carboxylic acids is 2. The Bertz CT molecular complexity index is 892. The lowest BCUT2D eigenvalue weighted by molar-refractivity contribution is -0.214. The van der Waals surface area contributed by atoms with Gasteiger partial charge in [0.25, 0.3) is 11.8 Å². The minimum Gasteiger partial charge on any atom is -0.396 e. The Morgan fingerprint density at radius 2 is 1.00 bits per heavy atom. The number of amides is 2. The van der Waals surface area contributed by atoms with E-state index in [1.54, 1.807) is 27.7 Å². The van der Waals surface area contributed by atoms with Crippen LogP contribution in [-0.2, 0) is 9.47 Å². The highest BCUT2D eigenvalue weighted by atomic mass is 16.5. The molecule has 2 aliphatic heterocycles. The lowest BCUT2D eigenvalue weighted by atomic mass is 9.78. The first kappa shape index (κ1) is 30.4. The van der Waals surface area contributed by atoms with Crippen molar-refractivity contribution in [3.8, 4) is 0 Å². The van der Waals surface area contributed by atoms with Crippen LogP contribution in [0.4, 0.5) is 0 Å². The van der Waals surface area contributed by atoms with Crippen molar-refractivity contribution in [1.82, 2.24) is 10.6 Å². The number of hydrogen-bond acceptors (Lipinski definition) is 10. The maximum Gasteiger partial charge on any atom is 0.251 e. The molecular weight excluding hydrogens is 500 g/mol. The SMILES string of the molecule is CC1(C)O[C@H](CO)[C@H](NC(=O)c2ccc(C(=O)N[C@@H]3[C@@H](O)[C@H](CO)C(C)(C)O[C@@H]3CO)cc2)[C@@H](O)[C@@H]1CO. The van der Waals surface area contributed by atoms with Crippen molar-refractivity contribution in [2.24, 2.45) is 11.8 Å². The van der Waals surface area contributed by atoms with Crippen LogP contribution in [-0.4, -0.2) is 117 Å². The van der Waals surface area contributed by atoms with E-state index in [4.69, 9.17) is 9.47 Å². The zero-order chi connectivity index (χ0) is 28.4. The summed E-state index contributed by atoms with van der Waals surface area (Å²) in [4.78, 5) is 25.8. The molecule has 0 aromatic heterocycles. The molecule has 2 fully saturated rings. The van der Waals surface area contributed by atoms with Crippen molar-refractivity contribution >= 4 is 11.8 Å². The van der Waals surface area contributed by atoms with Crippen LogP contribution < -0.4 is 10.6 Å². The van der Waals surface area contributed by atoms with Gasteiger partial charge < -0.3 is 50.7 Å². The molecule has 1 aromatic carbocycles. The van der Waals surface area contributed by atoms with Crippen molar-refractivity contribution in [2.45, 2.75) is 75.4 Å². The standard InChI is InChI=1S/C26H40N2O10/c1-25(2)15(9-29)21(33)19(17(11-31)37-25)27-23(35)13-5-7-14(8-6-13)24(36)28-20-18(12-32)38-26(3,4)16(10-30)22(20)34/h5-8,15-22,29-34H,9-12H2,1-4H3,(H,27,35)(H,28,36)/t15-,16-,17+,18+,19-,20-,21-,22-/m0/s1. The molecule has 2 saturated heterocycles. The summed E-state index contributed by atoms with van der Waals surface area (Å²) in [7, 11) is 0. The van der Waals surface area contributed by atoms with Gasteiger partial charge in [0, 0.05) is 23.0 Å². The van der Waals surface area contributed by atoms with E-state index in [0.717, 1.165) is 0 Å². The Morgan fingerprint density at radius 1 is 0.684 bits per heavy atom. The van der Waals surface area contributed by atoms with Gasteiger partial charge in [0.1, 0.15) is 12.2 Å². The molecule has 0 aliphatic carbocycles. The lowest BCUT2D eigenvalue weighted by Crippen LogP contribution is -2.65. The number of aliphatic hydroxyl groups excluding tert-OH is 6. The summed E-state index contributed by atoms with van der Waals surface area (Å²) in [6.45, 7) is 5.08. The van der Waals surface area contributed by atoms with Crippen LogP contribution in [0.5, 0.6) is 0 Å². The van der Waals surface area contributed by atoms with Crippen LogP contribution in [0.3, 0.4) is 0 Å². The van der Waals surface area contributed by atoms with Crippen molar-refractivity contribution in [3.05, 3.63) is 35.4 Å². The topological polar surface area (TPSA) is 198 Å². The van der Waals surface area contributed by atoms with Gasteiger partial charge in [-0.3, -0.25) is 9.59 Å². The molecule has 0 spiro atoms. The number of carbonyl (C=O) groups is 2. The van der Waals surface area contributed by atoms with Crippen LogP contribution >= 0.6 is 0 Å². The second kappa shape index (κ2) is 11.9. The molecule has 214 valence electrons. The van der Waals surface area contributed by atoms with Crippen LogP contribution in [0, 0.1) is 11.8 Å². The Hall–Kier alpha value is -2.16. The fraction of sp³-hybridized carbons (Fsp3) is 0.692. The molecule has 12 nitrogen and oxygen atoms in total. The largest absolute Gasteiger partial charge is 0.396 e. The molecule has 0 bridgehead atoms. The Labute approximate surface area is 221 Å². The van der Waals surface area contributed by atoms with Gasteiger partial charge in [0.05, 0.1) is 61.9 Å². The average Bonchev–Trinajstić information content (AvgIpc) is 2.86. The fourth-order valence-electron chi connectivity index (χ4n) is 5.42. The van der Waals surface area contributed by atoms with Crippen LogP contribution in [0.25, 0.3) is 0 Å². The number of benzene rings is 1. The molecule has 2 heterocycles. The Morgan fingerprint density at radius 3 is 1.26 bits per heavy atom. The van der Waals surface area contributed by atoms with Gasteiger partial charge in [-0.15, -0.1) is 0 Å². The normalized spacial score (nSPS) is 34.4. The quantitative estimate of drug-likeness (QED) is 0.185. The van der Waals surface area contributed by atoms with E-state index < -0.39 is 84.6 Å². The van der Waals surface area contributed by atoms with Crippen molar-refractivity contribution < 1.29 is 49.7 Å². The predicted octanol–water partition coefficient (Wildman–Crippen LogP) is -1.84. The molecule has 12 heteroatoms. The smallest absolute Gasteiger partial charge is 0.251 e. The van der Waals surface area contributed by atoms with Gasteiger partial charge in [-0.1, -0.05) is 0 Å². The van der Waals surface area contributed by atoms with Gasteiger partial charge in [0.15, 0.2) is 0 Å². The van der Waals surface area contributed by atoms with Crippen molar-refractivity contribution in [3.63, 3.8) is 0 Å². The zero-order valence-corrected chi connectivity index (χ0v) is 22.1. The minimum absolute atomic E-state index is 0.173. The number of nitrogens with one attached hydrogen (secondary N) is 2. The predicted molar refractivity (Wildman–Crippen MR) is 134 cm³/mol. The summed E-state index contributed by atoms with van der Waals surface area (Å²) in [6.07, 6.45) is -4.14. The van der Waals surface area contributed by atoms with E-state index in [2.05, 4.69) is 10.6 Å². The first-order chi connectivity index (χ1) is 17.8. The Kier molecular flexibility index (Phi) is 9.54. The molecule has 8 atom stereocenters. The second-order valence-electron chi connectivity index (χ2n) is 11.0. The van der Waals surface area contributed by atoms with E-state index >= 15 is 0 Å². The first-order valence-corrected chi connectivity index (χ1v) is 12.7. The third-order valence-corrected chi connectivity index (χ3v) is 7.82. The second-order valence-corrected chi connectivity index (χ2v) is 11.0.